The standard InChI is InChI=1S/C28H27N2S.C13H24O2.Ir/c1-17(2)12-18-10-11-22-24(13-18)31-27-25(29-16-30-26(22)27)20-14-19-8-6-7-9-21(19)23(15-20)28(3,4)5;1-5-10(6-2)12(14)9-13(15)11(7-3)8-4;/h6-11,13,15-17H,12H2,1-5H3;9-11,14H,5-8H2,1-4H3;/q-1;;/b;12-9-;. The number of aromatic nitrogens is 2. The molecule has 47 heavy (non-hydrogen) atoms. The Labute approximate surface area is 299 Å². The van der Waals surface area contributed by atoms with Crippen molar-refractivity contribution in [2.75, 3.05) is 0 Å². The molecule has 2 aromatic heterocycles. The van der Waals surface area contributed by atoms with Crippen LogP contribution in [0, 0.1) is 23.8 Å². The number of carbonyl (C=O) groups is 1. The van der Waals surface area contributed by atoms with Crippen LogP contribution in [0.4, 0.5) is 0 Å². The minimum atomic E-state index is 0. The second kappa shape index (κ2) is 17.0. The number of carbonyl (C=O) groups excluding carboxylic acids is 1. The molecule has 0 unspecified atom stereocenters. The summed E-state index contributed by atoms with van der Waals surface area (Å²) in [6.45, 7) is 19.4. The summed E-state index contributed by atoms with van der Waals surface area (Å²) in [5.41, 5.74) is 5.80. The summed E-state index contributed by atoms with van der Waals surface area (Å²) in [7, 11) is 0. The van der Waals surface area contributed by atoms with Gasteiger partial charge in [0.05, 0.1) is 11.3 Å². The average Bonchev–Trinajstić information content (AvgIpc) is 3.39. The fraction of sp³-hybridized carbons (Fsp3) is 0.439. The van der Waals surface area contributed by atoms with Crippen LogP contribution in [0.15, 0.2) is 66.7 Å². The molecule has 0 fully saturated rings. The largest absolute Gasteiger partial charge is 0.512 e. The van der Waals surface area contributed by atoms with E-state index in [0.29, 0.717) is 5.92 Å². The van der Waals surface area contributed by atoms with Gasteiger partial charge in [0.15, 0.2) is 5.78 Å². The van der Waals surface area contributed by atoms with Crippen LogP contribution in [0.2, 0.25) is 0 Å². The van der Waals surface area contributed by atoms with Crippen LogP contribution in [-0.2, 0) is 36.7 Å². The minimum Gasteiger partial charge on any atom is -0.512 e. The molecule has 0 atom stereocenters. The van der Waals surface area contributed by atoms with Crippen molar-refractivity contribution in [1.29, 1.82) is 0 Å². The van der Waals surface area contributed by atoms with Crippen molar-refractivity contribution in [3.05, 3.63) is 83.9 Å². The van der Waals surface area contributed by atoms with Crippen molar-refractivity contribution in [2.45, 2.75) is 99.8 Å². The van der Waals surface area contributed by atoms with Gasteiger partial charge in [-0.1, -0.05) is 104 Å². The first-order valence-electron chi connectivity index (χ1n) is 17.0. The van der Waals surface area contributed by atoms with E-state index in [-0.39, 0.29) is 48.9 Å². The number of ketones is 1. The van der Waals surface area contributed by atoms with Gasteiger partial charge in [-0.15, -0.1) is 40.5 Å². The number of aliphatic hydroxyl groups excluding tert-OH is 1. The molecule has 0 amide bonds. The molecular formula is C41H51IrN2O2S-. The maximum Gasteiger partial charge on any atom is 0.162 e. The van der Waals surface area contributed by atoms with Gasteiger partial charge in [0.1, 0.15) is 6.33 Å². The van der Waals surface area contributed by atoms with E-state index in [1.54, 1.807) is 17.7 Å². The van der Waals surface area contributed by atoms with E-state index in [4.69, 9.17) is 4.98 Å². The summed E-state index contributed by atoms with van der Waals surface area (Å²) in [6.07, 6.45) is 7.70. The van der Waals surface area contributed by atoms with E-state index in [2.05, 4.69) is 94.2 Å². The van der Waals surface area contributed by atoms with Crippen LogP contribution in [-0.4, -0.2) is 20.9 Å². The van der Waals surface area contributed by atoms with Crippen LogP contribution in [0.25, 0.3) is 42.3 Å². The molecule has 0 aliphatic heterocycles. The monoisotopic (exact) mass is 828 g/mol. The fourth-order valence-electron chi connectivity index (χ4n) is 6.17. The zero-order valence-electron chi connectivity index (χ0n) is 29.5. The quantitative estimate of drug-likeness (QED) is 0.0865. The fourth-order valence-corrected chi connectivity index (χ4v) is 7.39. The van der Waals surface area contributed by atoms with Crippen molar-refractivity contribution in [3.63, 3.8) is 0 Å². The van der Waals surface area contributed by atoms with Gasteiger partial charge in [0, 0.05) is 58.5 Å². The second-order valence-corrected chi connectivity index (χ2v) is 14.9. The van der Waals surface area contributed by atoms with Crippen molar-refractivity contribution in [1.82, 2.24) is 9.97 Å². The molecule has 0 saturated heterocycles. The summed E-state index contributed by atoms with van der Waals surface area (Å²) in [5.74, 6) is 1.19. The van der Waals surface area contributed by atoms with Gasteiger partial charge in [-0.25, -0.2) is 4.98 Å². The van der Waals surface area contributed by atoms with E-state index in [1.165, 1.54) is 32.7 Å². The molecular weight excluding hydrogens is 777 g/mol. The molecule has 1 radical (unpaired) electrons. The first-order chi connectivity index (χ1) is 21.9. The predicted octanol–water partition coefficient (Wildman–Crippen LogP) is 11.8. The number of hydrogen-bond donors (Lipinski definition) is 1. The van der Waals surface area contributed by atoms with Crippen molar-refractivity contribution in [2.24, 2.45) is 17.8 Å². The molecule has 0 spiro atoms. The number of nitrogens with zero attached hydrogens (tertiary/aromatic N) is 2. The number of thiophene rings is 1. The molecule has 3 aromatic carbocycles. The van der Waals surface area contributed by atoms with Gasteiger partial charge in [0.2, 0.25) is 0 Å². The molecule has 0 aliphatic rings. The van der Waals surface area contributed by atoms with Gasteiger partial charge in [-0.3, -0.25) is 9.78 Å². The molecule has 0 bridgehead atoms. The number of allylic oxidation sites excluding steroid dienone is 2. The van der Waals surface area contributed by atoms with Gasteiger partial charge in [-0.2, -0.15) is 0 Å². The predicted molar refractivity (Wildman–Crippen MR) is 198 cm³/mol. The Balaban J connectivity index is 0.000000322. The summed E-state index contributed by atoms with van der Waals surface area (Å²) >= 11 is 1.80. The first kappa shape index (κ1) is 38.5. The van der Waals surface area contributed by atoms with Crippen LogP contribution in [0.5, 0.6) is 0 Å². The Kier molecular flexibility index (Phi) is 13.9. The molecule has 5 aromatic rings. The van der Waals surface area contributed by atoms with Gasteiger partial charge in [0.25, 0.3) is 0 Å². The summed E-state index contributed by atoms with van der Waals surface area (Å²) in [5, 5.41) is 13.4. The summed E-state index contributed by atoms with van der Waals surface area (Å²) in [4.78, 5) is 21.1. The van der Waals surface area contributed by atoms with Crippen molar-refractivity contribution >= 4 is 48.2 Å². The second-order valence-electron chi connectivity index (χ2n) is 13.8. The third kappa shape index (κ3) is 9.16. The van der Waals surface area contributed by atoms with Gasteiger partial charge in [-0.05, 0) is 55.1 Å². The molecule has 1 N–H and O–H groups in total. The Morgan fingerprint density at radius 2 is 1.57 bits per heavy atom. The van der Waals surface area contributed by atoms with Gasteiger partial charge < -0.3 is 5.11 Å². The van der Waals surface area contributed by atoms with Crippen LogP contribution < -0.4 is 0 Å². The Morgan fingerprint density at radius 1 is 0.915 bits per heavy atom. The van der Waals surface area contributed by atoms with E-state index in [1.807, 2.05) is 27.7 Å². The number of aliphatic hydroxyl groups is 1. The van der Waals surface area contributed by atoms with Crippen LogP contribution in [0.1, 0.15) is 99.1 Å². The normalized spacial score (nSPS) is 12.2. The van der Waals surface area contributed by atoms with Gasteiger partial charge >= 0.3 is 0 Å². The third-order valence-corrected chi connectivity index (χ3v) is 10.0. The zero-order valence-corrected chi connectivity index (χ0v) is 32.7. The third-order valence-electron chi connectivity index (χ3n) is 8.88. The van der Waals surface area contributed by atoms with Crippen molar-refractivity contribution < 1.29 is 30.0 Å². The average molecular weight is 828 g/mol. The van der Waals surface area contributed by atoms with E-state index < -0.39 is 0 Å². The zero-order chi connectivity index (χ0) is 33.6. The number of hydrogen-bond acceptors (Lipinski definition) is 5. The Morgan fingerprint density at radius 3 is 2.19 bits per heavy atom. The first-order valence-corrected chi connectivity index (χ1v) is 17.8. The molecule has 5 rings (SSSR count). The van der Waals surface area contributed by atoms with E-state index >= 15 is 0 Å². The SMILES string of the molecule is CC(C)Cc1ccc2c(c1)sc1c(-c3[c-]c4ccccc4c(C(C)(C)C)c3)ncnc12.CCC(CC)C(=O)/C=C(\O)C(CC)CC.[Ir]. The summed E-state index contributed by atoms with van der Waals surface area (Å²) < 4.78 is 2.43. The van der Waals surface area contributed by atoms with Crippen LogP contribution in [0.3, 0.4) is 0 Å². The Hall–Kier alpha value is -2.92. The molecule has 253 valence electrons. The van der Waals surface area contributed by atoms with Crippen molar-refractivity contribution in [3.8, 4) is 11.3 Å². The molecule has 4 nitrogen and oxygen atoms in total. The minimum absolute atomic E-state index is 0. The molecule has 0 saturated carbocycles. The molecule has 0 aliphatic carbocycles. The number of fused-ring (bicyclic) bond motifs is 4. The smallest absolute Gasteiger partial charge is 0.162 e. The van der Waals surface area contributed by atoms with E-state index in [0.717, 1.165) is 59.0 Å². The molecule has 2 heterocycles. The Bertz CT molecular complexity index is 1820. The maximum atomic E-state index is 11.7. The van der Waals surface area contributed by atoms with Crippen LogP contribution >= 0.6 is 11.3 Å². The number of rotatable bonds is 10. The number of benzene rings is 3. The molecule has 6 heteroatoms. The maximum absolute atomic E-state index is 11.7. The topological polar surface area (TPSA) is 63.1 Å². The summed E-state index contributed by atoms with van der Waals surface area (Å²) in [6, 6.07) is 21.3. The van der Waals surface area contributed by atoms with E-state index in [9.17, 15) is 9.90 Å².